The number of ether oxygens (including phenoxy) is 2. The number of nitrogens with one attached hydrogen (secondary N) is 3. The third-order valence-electron chi connectivity index (χ3n) is 4.93. The average molecular weight is 483 g/mol. The van der Waals surface area contributed by atoms with Crippen LogP contribution in [-0.4, -0.2) is 44.9 Å². The van der Waals surface area contributed by atoms with Crippen molar-refractivity contribution in [1.82, 2.24) is 25.3 Å². The molecular weight excluding hydrogens is 452 g/mol. The van der Waals surface area contributed by atoms with Crippen LogP contribution in [0.15, 0.2) is 47.4 Å². The summed E-state index contributed by atoms with van der Waals surface area (Å²) in [4.78, 5) is 36.4. The van der Waals surface area contributed by atoms with Crippen molar-refractivity contribution in [1.29, 1.82) is 0 Å². The number of anilines is 1. The van der Waals surface area contributed by atoms with Gasteiger partial charge in [-0.3, -0.25) is 14.8 Å². The number of aromatic nitrogens is 4. The minimum absolute atomic E-state index is 0.270. The molecule has 1 atom stereocenters. The molecule has 0 saturated heterocycles. The van der Waals surface area contributed by atoms with Crippen molar-refractivity contribution in [2.75, 3.05) is 12.4 Å². The zero-order chi connectivity index (χ0) is 25.6. The molecule has 0 fully saturated rings. The zero-order valence-electron chi connectivity index (χ0n) is 20.4. The second-order valence-corrected chi connectivity index (χ2v) is 8.80. The molecule has 0 aliphatic rings. The van der Waals surface area contributed by atoms with E-state index in [1.54, 1.807) is 55.8 Å². The molecule has 35 heavy (non-hydrogen) atoms. The first-order chi connectivity index (χ1) is 16.6. The normalized spacial score (nSPS) is 12.0. The first-order valence-electron chi connectivity index (χ1n) is 11.1. The van der Waals surface area contributed by atoms with Crippen molar-refractivity contribution >= 4 is 17.9 Å². The number of hydrogen-bond acceptors (Lipinski definition) is 7. The summed E-state index contributed by atoms with van der Waals surface area (Å²) in [6.45, 7) is 8.01. The predicted octanol–water partition coefficient (Wildman–Crippen LogP) is 3.64. The summed E-state index contributed by atoms with van der Waals surface area (Å²) in [5.74, 6) is 0. The van der Waals surface area contributed by atoms with Crippen LogP contribution in [-0.2, 0) is 22.4 Å². The van der Waals surface area contributed by atoms with Crippen molar-refractivity contribution in [2.24, 2.45) is 0 Å². The van der Waals surface area contributed by atoms with Crippen LogP contribution in [0, 0.1) is 0 Å². The number of methoxy groups -OCH3 is 1. The summed E-state index contributed by atoms with van der Waals surface area (Å²) in [5, 5.41) is 16.6. The van der Waals surface area contributed by atoms with Gasteiger partial charge in [-0.05, 0) is 57.5 Å². The van der Waals surface area contributed by atoms with Gasteiger partial charge in [0.05, 0.1) is 30.1 Å². The highest BCUT2D eigenvalue weighted by atomic mass is 16.6. The highest BCUT2D eigenvalue weighted by molar-refractivity contribution is 5.85. The maximum atomic E-state index is 12.5. The number of H-pyrrole nitrogens is 1. The molecule has 0 saturated carbocycles. The molecule has 3 aromatic rings. The lowest BCUT2D eigenvalue weighted by atomic mass is 10.0. The largest absolute Gasteiger partial charge is 0.453 e. The van der Waals surface area contributed by atoms with Crippen LogP contribution in [0.25, 0.3) is 11.1 Å². The first kappa shape index (κ1) is 25.5. The smallest absolute Gasteiger partial charge is 0.411 e. The van der Waals surface area contributed by atoms with E-state index in [9.17, 15) is 14.4 Å². The SMILES string of the molecule is CCn1ccc([C@H](Cc2cc(-c3ccc(NC(=O)OC)cc3)c(=O)[nH]n2)NC(=O)OC(C)(C)C)n1. The molecule has 2 aromatic heterocycles. The van der Waals surface area contributed by atoms with Crippen molar-refractivity contribution < 1.29 is 19.1 Å². The summed E-state index contributed by atoms with van der Waals surface area (Å²) < 4.78 is 11.8. The summed E-state index contributed by atoms with van der Waals surface area (Å²) >= 11 is 0. The van der Waals surface area contributed by atoms with E-state index in [4.69, 9.17) is 4.74 Å². The van der Waals surface area contributed by atoms with Crippen LogP contribution in [0.2, 0.25) is 0 Å². The van der Waals surface area contributed by atoms with E-state index in [1.807, 2.05) is 19.2 Å². The molecular formula is C24H30N6O5. The lowest BCUT2D eigenvalue weighted by molar-refractivity contribution is 0.0501. The Balaban J connectivity index is 1.86. The van der Waals surface area contributed by atoms with Gasteiger partial charge < -0.3 is 14.8 Å². The number of alkyl carbamates (subject to hydrolysis) is 1. The van der Waals surface area contributed by atoms with E-state index >= 15 is 0 Å². The summed E-state index contributed by atoms with van der Waals surface area (Å²) in [6, 6.07) is 9.70. The number of benzene rings is 1. The number of aryl methyl sites for hydroxylation is 1. The molecule has 1 aromatic carbocycles. The van der Waals surface area contributed by atoms with Crippen molar-refractivity contribution in [3.05, 3.63) is 64.3 Å². The summed E-state index contributed by atoms with van der Waals surface area (Å²) in [7, 11) is 1.28. The molecule has 3 N–H and O–H groups in total. The quantitative estimate of drug-likeness (QED) is 0.467. The first-order valence-corrected chi connectivity index (χ1v) is 11.1. The highest BCUT2D eigenvalue weighted by Gasteiger charge is 2.23. The Bertz CT molecular complexity index is 1230. The van der Waals surface area contributed by atoms with E-state index in [0.717, 1.165) is 0 Å². The number of carbonyl (C=O) groups excluding carboxylic acids is 2. The van der Waals surface area contributed by atoms with Gasteiger partial charge in [0.1, 0.15) is 5.60 Å². The maximum absolute atomic E-state index is 12.5. The fourth-order valence-electron chi connectivity index (χ4n) is 3.30. The highest BCUT2D eigenvalue weighted by Crippen LogP contribution is 2.22. The molecule has 186 valence electrons. The monoisotopic (exact) mass is 482 g/mol. The molecule has 0 aliphatic carbocycles. The van der Waals surface area contributed by atoms with Crippen molar-refractivity contribution in [2.45, 2.75) is 52.3 Å². The van der Waals surface area contributed by atoms with Gasteiger partial charge in [-0.15, -0.1) is 0 Å². The third kappa shape index (κ3) is 7.16. The fraction of sp³-hybridized carbons (Fsp3) is 0.375. The number of aromatic amines is 1. The number of hydrogen-bond donors (Lipinski definition) is 3. The number of carbonyl (C=O) groups is 2. The van der Waals surface area contributed by atoms with Crippen LogP contribution in [0.5, 0.6) is 0 Å². The molecule has 0 bridgehead atoms. The van der Waals surface area contributed by atoms with E-state index in [0.29, 0.717) is 34.7 Å². The minimum Gasteiger partial charge on any atom is -0.453 e. The molecule has 2 amide bonds. The summed E-state index contributed by atoms with van der Waals surface area (Å²) in [5.41, 5.74) is 1.73. The van der Waals surface area contributed by atoms with E-state index in [-0.39, 0.29) is 12.0 Å². The molecule has 0 spiro atoms. The van der Waals surface area contributed by atoms with Gasteiger partial charge in [0, 0.05) is 24.8 Å². The minimum atomic E-state index is -0.657. The van der Waals surface area contributed by atoms with Crippen LogP contribution >= 0.6 is 0 Å². The molecule has 0 unspecified atom stereocenters. The zero-order valence-corrected chi connectivity index (χ0v) is 20.4. The van der Waals surface area contributed by atoms with Crippen LogP contribution in [0.3, 0.4) is 0 Å². The van der Waals surface area contributed by atoms with Gasteiger partial charge in [0.2, 0.25) is 0 Å². The maximum Gasteiger partial charge on any atom is 0.411 e. The topological polar surface area (TPSA) is 140 Å². The molecule has 0 aliphatic heterocycles. The van der Waals surface area contributed by atoms with E-state index in [1.165, 1.54) is 7.11 Å². The molecule has 0 radical (unpaired) electrons. The standard InChI is InChI=1S/C24H30N6O5/c1-6-30-12-11-19(29-30)20(26-23(33)35-24(2,3)4)14-17-13-18(21(31)28-27-17)15-7-9-16(10-8-15)25-22(32)34-5/h7-13,20H,6,14H2,1-5H3,(H,25,32)(H,26,33)(H,28,31)/t20-/m0/s1. The lowest BCUT2D eigenvalue weighted by Gasteiger charge is -2.23. The number of rotatable bonds is 7. The van der Waals surface area contributed by atoms with Gasteiger partial charge in [0.25, 0.3) is 5.56 Å². The molecule has 11 nitrogen and oxygen atoms in total. The molecule has 11 heteroatoms. The Kier molecular flexibility index (Phi) is 7.90. The predicted molar refractivity (Wildman–Crippen MR) is 130 cm³/mol. The lowest BCUT2D eigenvalue weighted by Crippen LogP contribution is -2.36. The van der Waals surface area contributed by atoms with Crippen molar-refractivity contribution in [3.63, 3.8) is 0 Å². The number of nitrogens with zero attached hydrogens (tertiary/aromatic N) is 3. The van der Waals surface area contributed by atoms with Gasteiger partial charge in [0.15, 0.2) is 0 Å². The second-order valence-electron chi connectivity index (χ2n) is 8.80. The van der Waals surface area contributed by atoms with Crippen molar-refractivity contribution in [3.8, 4) is 11.1 Å². The van der Waals surface area contributed by atoms with Gasteiger partial charge in [-0.25, -0.2) is 14.7 Å². The Labute approximate surface area is 202 Å². The van der Waals surface area contributed by atoms with Gasteiger partial charge >= 0.3 is 12.2 Å². The van der Waals surface area contributed by atoms with Crippen LogP contribution < -0.4 is 16.2 Å². The Morgan fingerprint density at radius 3 is 2.46 bits per heavy atom. The molecule has 2 heterocycles. The number of amides is 2. The Morgan fingerprint density at radius 2 is 1.86 bits per heavy atom. The summed E-state index contributed by atoms with van der Waals surface area (Å²) in [6.07, 6.45) is 0.934. The average Bonchev–Trinajstić information content (AvgIpc) is 3.28. The second kappa shape index (κ2) is 10.9. The third-order valence-corrected chi connectivity index (χ3v) is 4.93. The van der Waals surface area contributed by atoms with E-state index in [2.05, 4.69) is 30.7 Å². The van der Waals surface area contributed by atoms with E-state index < -0.39 is 23.8 Å². The van der Waals surface area contributed by atoms with Gasteiger partial charge in [-0.1, -0.05) is 12.1 Å². The van der Waals surface area contributed by atoms with Crippen LogP contribution in [0.4, 0.5) is 15.3 Å². The Morgan fingerprint density at radius 1 is 1.14 bits per heavy atom. The van der Waals surface area contributed by atoms with Gasteiger partial charge in [-0.2, -0.15) is 10.2 Å². The fourth-order valence-corrected chi connectivity index (χ4v) is 3.30. The molecule has 3 rings (SSSR count). The van der Waals surface area contributed by atoms with Crippen LogP contribution in [0.1, 0.15) is 45.1 Å². The Hall–Kier alpha value is -4.15.